The van der Waals surface area contributed by atoms with E-state index in [1.54, 1.807) is 11.3 Å². The average molecular weight is 197 g/mol. The molecule has 2 heterocycles. The molecule has 3 heteroatoms. The first-order valence-electron chi connectivity index (χ1n) is 4.84. The molecule has 0 amide bonds. The number of aryl methyl sites for hydroxylation is 1. The van der Waals surface area contributed by atoms with Gasteiger partial charge >= 0.3 is 0 Å². The molecule has 1 aromatic heterocycles. The molecule has 2 rings (SSSR count). The third-order valence-electron chi connectivity index (χ3n) is 2.16. The Kier molecular flexibility index (Phi) is 2.86. The summed E-state index contributed by atoms with van der Waals surface area (Å²) in [5, 5.41) is 4.27. The van der Waals surface area contributed by atoms with Crippen molar-refractivity contribution < 1.29 is 4.74 Å². The zero-order chi connectivity index (χ0) is 9.10. The van der Waals surface area contributed by atoms with Crippen LogP contribution in [0.2, 0.25) is 0 Å². The van der Waals surface area contributed by atoms with Crippen molar-refractivity contribution in [3.05, 3.63) is 17.0 Å². The molecule has 13 heavy (non-hydrogen) atoms. The highest BCUT2D eigenvalue weighted by Gasteiger charge is 2.18. The second-order valence-electron chi connectivity index (χ2n) is 3.37. The van der Waals surface area contributed by atoms with E-state index < -0.39 is 0 Å². The Labute approximate surface area is 82.9 Å². The van der Waals surface area contributed by atoms with Crippen LogP contribution in [0.4, 0.5) is 0 Å². The highest BCUT2D eigenvalue weighted by Crippen LogP contribution is 2.26. The van der Waals surface area contributed by atoms with E-state index in [9.17, 15) is 0 Å². The topological polar surface area (TPSA) is 21.3 Å². The standard InChI is InChI=1S/C10H15NOS/c1-2-3-9-4-5-10(13-9)12-8-6-11-7-8/h4-5,8,11H,2-3,6-7H2,1H3. The van der Waals surface area contributed by atoms with E-state index in [2.05, 4.69) is 24.4 Å². The van der Waals surface area contributed by atoms with Crippen LogP contribution < -0.4 is 10.1 Å². The minimum Gasteiger partial charge on any atom is -0.478 e. The Morgan fingerprint density at radius 2 is 2.38 bits per heavy atom. The van der Waals surface area contributed by atoms with Gasteiger partial charge in [-0.15, -0.1) is 11.3 Å². The smallest absolute Gasteiger partial charge is 0.174 e. The van der Waals surface area contributed by atoms with Gasteiger partial charge in [-0.2, -0.15) is 0 Å². The van der Waals surface area contributed by atoms with Crippen LogP contribution in [-0.2, 0) is 6.42 Å². The first-order valence-corrected chi connectivity index (χ1v) is 5.66. The summed E-state index contributed by atoms with van der Waals surface area (Å²) < 4.78 is 5.73. The molecule has 1 aromatic rings. The van der Waals surface area contributed by atoms with Crippen molar-refractivity contribution in [2.45, 2.75) is 25.9 Å². The van der Waals surface area contributed by atoms with Crippen molar-refractivity contribution >= 4 is 11.3 Å². The minimum absolute atomic E-state index is 0.410. The van der Waals surface area contributed by atoms with E-state index in [1.807, 2.05) is 0 Å². The lowest BCUT2D eigenvalue weighted by Gasteiger charge is -2.26. The first-order chi connectivity index (χ1) is 6.38. The number of hydrogen-bond donors (Lipinski definition) is 1. The van der Waals surface area contributed by atoms with Gasteiger partial charge in [0.05, 0.1) is 0 Å². The maximum atomic E-state index is 5.73. The predicted octanol–water partition coefficient (Wildman–Crippen LogP) is 2.05. The van der Waals surface area contributed by atoms with Gasteiger partial charge < -0.3 is 10.1 Å². The number of nitrogens with one attached hydrogen (secondary N) is 1. The molecule has 2 nitrogen and oxygen atoms in total. The fourth-order valence-corrected chi connectivity index (χ4v) is 2.33. The predicted molar refractivity (Wildman–Crippen MR) is 55.6 cm³/mol. The zero-order valence-electron chi connectivity index (χ0n) is 7.88. The number of ether oxygens (including phenoxy) is 1. The summed E-state index contributed by atoms with van der Waals surface area (Å²) in [4.78, 5) is 1.43. The van der Waals surface area contributed by atoms with Crippen molar-refractivity contribution in [2.24, 2.45) is 0 Å². The summed E-state index contributed by atoms with van der Waals surface area (Å²) in [7, 11) is 0. The summed E-state index contributed by atoms with van der Waals surface area (Å²) in [5.41, 5.74) is 0. The normalized spacial score (nSPS) is 17.0. The fourth-order valence-electron chi connectivity index (χ4n) is 1.31. The molecule has 1 aliphatic heterocycles. The zero-order valence-corrected chi connectivity index (χ0v) is 8.69. The Balaban J connectivity index is 1.88. The SMILES string of the molecule is CCCc1ccc(OC2CNC2)s1. The fraction of sp³-hybridized carbons (Fsp3) is 0.600. The van der Waals surface area contributed by atoms with Crippen molar-refractivity contribution in [3.63, 3.8) is 0 Å². The average Bonchev–Trinajstić information content (AvgIpc) is 2.46. The van der Waals surface area contributed by atoms with Crippen LogP contribution in [-0.4, -0.2) is 19.2 Å². The number of rotatable bonds is 4. The summed E-state index contributed by atoms with van der Waals surface area (Å²) in [5.74, 6) is 0. The summed E-state index contributed by atoms with van der Waals surface area (Å²) in [6, 6.07) is 4.27. The van der Waals surface area contributed by atoms with Gasteiger partial charge in [0.25, 0.3) is 0 Å². The highest BCUT2D eigenvalue weighted by molar-refractivity contribution is 7.13. The molecular formula is C10H15NOS. The van der Waals surface area contributed by atoms with Crippen molar-refractivity contribution in [1.29, 1.82) is 0 Å². The lowest BCUT2D eigenvalue weighted by atomic mass is 10.2. The molecule has 1 saturated heterocycles. The van der Waals surface area contributed by atoms with E-state index >= 15 is 0 Å². The lowest BCUT2D eigenvalue weighted by Crippen LogP contribution is -2.50. The molecule has 0 unspecified atom stereocenters. The van der Waals surface area contributed by atoms with Gasteiger partial charge in [-0.1, -0.05) is 13.3 Å². The molecule has 0 radical (unpaired) electrons. The van der Waals surface area contributed by atoms with Crippen molar-refractivity contribution in [2.75, 3.05) is 13.1 Å². The molecule has 0 saturated carbocycles. The van der Waals surface area contributed by atoms with Crippen LogP contribution in [0.15, 0.2) is 12.1 Å². The Morgan fingerprint density at radius 3 is 3.00 bits per heavy atom. The van der Waals surface area contributed by atoms with Gasteiger partial charge in [0.1, 0.15) is 6.10 Å². The summed E-state index contributed by atoms with van der Waals surface area (Å²) >= 11 is 1.79. The van der Waals surface area contributed by atoms with Crippen molar-refractivity contribution in [1.82, 2.24) is 5.32 Å². The molecule has 72 valence electrons. The van der Waals surface area contributed by atoms with E-state index in [1.165, 1.54) is 17.7 Å². The second kappa shape index (κ2) is 4.11. The van der Waals surface area contributed by atoms with Gasteiger partial charge in [0.2, 0.25) is 0 Å². The second-order valence-corrected chi connectivity index (χ2v) is 4.50. The van der Waals surface area contributed by atoms with Gasteiger partial charge in [-0.25, -0.2) is 0 Å². The Bertz CT molecular complexity index is 268. The lowest BCUT2D eigenvalue weighted by molar-refractivity contribution is 0.147. The van der Waals surface area contributed by atoms with Gasteiger partial charge in [0, 0.05) is 18.0 Å². The molecule has 0 spiro atoms. The van der Waals surface area contributed by atoms with Crippen LogP contribution in [0.5, 0.6) is 5.06 Å². The third-order valence-corrected chi connectivity index (χ3v) is 3.20. The van der Waals surface area contributed by atoms with Crippen LogP contribution in [0.25, 0.3) is 0 Å². The molecule has 0 aromatic carbocycles. The third kappa shape index (κ3) is 2.23. The Morgan fingerprint density at radius 1 is 1.54 bits per heavy atom. The highest BCUT2D eigenvalue weighted by atomic mass is 32.1. The van der Waals surface area contributed by atoms with E-state index in [4.69, 9.17) is 4.74 Å². The molecule has 1 N–H and O–H groups in total. The first kappa shape index (κ1) is 9.03. The number of hydrogen-bond acceptors (Lipinski definition) is 3. The molecule has 0 aliphatic carbocycles. The number of thiophene rings is 1. The van der Waals surface area contributed by atoms with Gasteiger partial charge in [-0.05, 0) is 18.6 Å². The minimum atomic E-state index is 0.410. The molecule has 0 atom stereocenters. The van der Waals surface area contributed by atoms with E-state index in [0.29, 0.717) is 6.10 Å². The van der Waals surface area contributed by atoms with Gasteiger partial charge in [-0.3, -0.25) is 0 Å². The molecule has 0 bridgehead atoms. The maximum absolute atomic E-state index is 5.73. The van der Waals surface area contributed by atoms with Crippen LogP contribution in [0, 0.1) is 0 Å². The maximum Gasteiger partial charge on any atom is 0.174 e. The van der Waals surface area contributed by atoms with Crippen LogP contribution >= 0.6 is 11.3 Å². The van der Waals surface area contributed by atoms with Crippen LogP contribution in [0.1, 0.15) is 18.2 Å². The molecule has 1 aliphatic rings. The summed E-state index contributed by atoms with van der Waals surface area (Å²) in [6.45, 7) is 4.21. The largest absolute Gasteiger partial charge is 0.478 e. The Hall–Kier alpha value is -0.540. The quantitative estimate of drug-likeness (QED) is 0.797. The monoisotopic (exact) mass is 197 g/mol. The molecule has 1 fully saturated rings. The summed E-state index contributed by atoms with van der Waals surface area (Å²) in [6.07, 6.45) is 2.80. The molecular weight excluding hydrogens is 182 g/mol. The van der Waals surface area contributed by atoms with Crippen LogP contribution in [0.3, 0.4) is 0 Å². The van der Waals surface area contributed by atoms with Crippen molar-refractivity contribution in [3.8, 4) is 5.06 Å². The van der Waals surface area contributed by atoms with E-state index in [0.717, 1.165) is 18.2 Å². The van der Waals surface area contributed by atoms with Gasteiger partial charge in [0.15, 0.2) is 5.06 Å². The van der Waals surface area contributed by atoms with E-state index in [-0.39, 0.29) is 0 Å².